The van der Waals surface area contributed by atoms with Crippen molar-refractivity contribution in [3.63, 3.8) is 0 Å². The average molecular weight is 247 g/mol. The molecule has 0 amide bonds. The summed E-state index contributed by atoms with van der Waals surface area (Å²) in [5, 5.41) is 7.98. The molecule has 5 nitrogen and oxygen atoms in total. The summed E-state index contributed by atoms with van der Waals surface area (Å²) in [5.74, 6) is 0. The van der Waals surface area contributed by atoms with E-state index in [2.05, 4.69) is 42.4 Å². The van der Waals surface area contributed by atoms with Crippen LogP contribution in [-0.2, 0) is 14.1 Å². The quantitative estimate of drug-likeness (QED) is 0.890. The highest BCUT2D eigenvalue weighted by Crippen LogP contribution is 2.26. The third kappa shape index (κ3) is 2.18. The van der Waals surface area contributed by atoms with Crippen LogP contribution in [0.4, 0.5) is 0 Å². The minimum absolute atomic E-state index is 0.116. The van der Waals surface area contributed by atoms with Gasteiger partial charge in [-0.25, -0.2) is 4.98 Å². The van der Waals surface area contributed by atoms with E-state index in [1.165, 1.54) is 11.3 Å². The number of nitrogens with zero attached hydrogens (tertiary/aromatic N) is 4. The number of nitrogens with one attached hydrogen (secondary N) is 1. The summed E-state index contributed by atoms with van der Waals surface area (Å²) in [6.07, 6.45) is 3.89. The van der Waals surface area contributed by atoms with Gasteiger partial charge in [-0.15, -0.1) is 0 Å². The molecule has 0 aliphatic rings. The van der Waals surface area contributed by atoms with Gasteiger partial charge in [0.2, 0.25) is 0 Å². The van der Waals surface area contributed by atoms with Gasteiger partial charge in [-0.05, 0) is 20.4 Å². The molecule has 0 spiro atoms. The Hall–Kier alpha value is -1.62. The van der Waals surface area contributed by atoms with Gasteiger partial charge < -0.3 is 9.88 Å². The Morgan fingerprint density at radius 3 is 2.50 bits per heavy atom. The van der Waals surface area contributed by atoms with Crippen molar-refractivity contribution in [3.8, 4) is 0 Å². The fourth-order valence-electron chi connectivity index (χ4n) is 2.35. The van der Waals surface area contributed by atoms with Gasteiger partial charge in [0, 0.05) is 31.5 Å². The van der Waals surface area contributed by atoms with Crippen LogP contribution in [0.3, 0.4) is 0 Å². The molecule has 5 heteroatoms. The molecule has 1 N–H and O–H groups in total. The molecular formula is C13H21N5. The van der Waals surface area contributed by atoms with Crippen LogP contribution in [0.5, 0.6) is 0 Å². The summed E-state index contributed by atoms with van der Waals surface area (Å²) in [6.45, 7) is 7.16. The van der Waals surface area contributed by atoms with Gasteiger partial charge >= 0.3 is 0 Å². The second kappa shape index (κ2) is 4.94. The fraction of sp³-hybridized carbons (Fsp3) is 0.538. The van der Waals surface area contributed by atoms with E-state index in [0.717, 1.165) is 17.9 Å². The molecule has 98 valence electrons. The zero-order valence-electron chi connectivity index (χ0n) is 11.7. The predicted octanol–water partition coefficient (Wildman–Crippen LogP) is 1.47. The SMILES string of the molecule is CCNC(c1cn(C)cn1)c1c(C)nn(C)c1C. The standard InChI is InChI=1S/C13H21N5/c1-6-14-13(11-7-17(4)8-15-11)12-9(2)16-18(5)10(12)3/h7-8,13-14H,6H2,1-5H3. The largest absolute Gasteiger partial charge is 0.340 e. The van der Waals surface area contributed by atoms with Gasteiger partial charge in [0.1, 0.15) is 0 Å². The second-order valence-corrected chi connectivity index (χ2v) is 4.66. The number of hydrogen-bond donors (Lipinski definition) is 1. The second-order valence-electron chi connectivity index (χ2n) is 4.66. The molecule has 1 atom stereocenters. The van der Waals surface area contributed by atoms with Crippen molar-refractivity contribution < 1.29 is 0 Å². The average Bonchev–Trinajstić information content (AvgIpc) is 2.83. The zero-order valence-corrected chi connectivity index (χ0v) is 11.7. The molecule has 0 fully saturated rings. The summed E-state index contributed by atoms with van der Waals surface area (Å²) in [6, 6.07) is 0.116. The minimum atomic E-state index is 0.116. The molecule has 1 unspecified atom stereocenters. The van der Waals surface area contributed by atoms with Crippen LogP contribution >= 0.6 is 0 Å². The Bertz CT molecular complexity index is 538. The Morgan fingerprint density at radius 1 is 1.33 bits per heavy atom. The van der Waals surface area contributed by atoms with Crippen LogP contribution < -0.4 is 5.32 Å². The molecule has 2 rings (SSSR count). The van der Waals surface area contributed by atoms with Crippen molar-refractivity contribution in [1.82, 2.24) is 24.6 Å². The van der Waals surface area contributed by atoms with Gasteiger partial charge in [-0.3, -0.25) is 4.68 Å². The summed E-state index contributed by atoms with van der Waals surface area (Å²) in [4.78, 5) is 4.47. The Labute approximate surface area is 108 Å². The third-order valence-corrected chi connectivity index (χ3v) is 3.28. The summed E-state index contributed by atoms with van der Waals surface area (Å²) >= 11 is 0. The van der Waals surface area contributed by atoms with Crippen molar-refractivity contribution in [2.24, 2.45) is 14.1 Å². The van der Waals surface area contributed by atoms with E-state index in [1.807, 2.05) is 29.7 Å². The molecule has 0 aromatic carbocycles. The molecule has 2 aromatic heterocycles. The van der Waals surface area contributed by atoms with E-state index in [4.69, 9.17) is 0 Å². The first kappa shape index (κ1) is 12.8. The third-order valence-electron chi connectivity index (χ3n) is 3.28. The van der Waals surface area contributed by atoms with Gasteiger partial charge in [-0.2, -0.15) is 5.10 Å². The molecule has 0 aliphatic carbocycles. The molecule has 18 heavy (non-hydrogen) atoms. The lowest BCUT2D eigenvalue weighted by molar-refractivity contribution is 0.610. The monoisotopic (exact) mass is 247 g/mol. The molecule has 2 heterocycles. The highest BCUT2D eigenvalue weighted by molar-refractivity contribution is 5.33. The van der Waals surface area contributed by atoms with Crippen LogP contribution in [0.1, 0.15) is 35.6 Å². The smallest absolute Gasteiger partial charge is 0.0947 e. The number of aryl methyl sites for hydroxylation is 3. The molecule has 0 radical (unpaired) electrons. The Balaban J connectivity index is 2.47. The van der Waals surface area contributed by atoms with E-state index in [0.29, 0.717) is 0 Å². The lowest BCUT2D eigenvalue weighted by Gasteiger charge is -2.16. The lowest BCUT2D eigenvalue weighted by Crippen LogP contribution is -2.23. The van der Waals surface area contributed by atoms with Crippen LogP contribution in [0.2, 0.25) is 0 Å². The van der Waals surface area contributed by atoms with Crippen LogP contribution in [0, 0.1) is 13.8 Å². The van der Waals surface area contributed by atoms with Crippen LogP contribution in [0.15, 0.2) is 12.5 Å². The van der Waals surface area contributed by atoms with E-state index in [1.54, 1.807) is 0 Å². The first-order valence-corrected chi connectivity index (χ1v) is 6.26. The number of aromatic nitrogens is 4. The van der Waals surface area contributed by atoms with E-state index in [-0.39, 0.29) is 6.04 Å². The Morgan fingerprint density at radius 2 is 2.06 bits per heavy atom. The van der Waals surface area contributed by atoms with Crippen molar-refractivity contribution in [1.29, 1.82) is 0 Å². The fourth-order valence-corrected chi connectivity index (χ4v) is 2.35. The first-order chi connectivity index (χ1) is 8.54. The van der Waals surface area contributed by atoms with Crippen molar-refractivity contribution >= 4 is 0 Å². The molecular weight excluding hydrogens is 226 g/mol. The maximum Gasteiger partial charge on any atom is 0.0947 e. The van der Waals surface area contributed by atoms with Crippen LogP contribution in [0.25, 0.3) is 0 Å². The normalized spacial score (nSPS) is 12.9. The van der Waals surface area contributed by atoms with Gasteiger partial charge in [-0.1, -0.05) is 6.92 Å². The number of rotatable bonds is 4. The lowest BCUT2D eigenvalue weighted by atomic mass is 10.0. The van der Waals surface area contributed by atoms with Crippen LogP contribution in [-0.4, -0.2) is 25.9 Å². The number of hydrogen-bond acceptors (Lipinski definition) is 3. The van der Waals surface area contributed by atoms with Crippen molar-refractivity contribution in [2.45, 2.75) is 26.8 Å². The molecule has 0 aliphatic heterocycles. The summed E-state index contributed by atoms with van der Waals surface area (Å²) in [7, 11) is 3.97. The highest BCUT2D eigenvalue weighted by Gasteiger charge is 2.22. The maximum atomic E-state index is 4.49. The minimum Gasteiger partial charge on any atom is -0.340 e. The van der Waals surface area contributed by atoms with E-state index in [9.17, 15) is 0 Å². The maximum absolute atomic E-state index is 4.49. The summed E-state index contributed by atoms with van der Waals surface area (Å²) < 4.78 is 3.90. The molecule has 2 aromatic rings. The van der Waals surface area contributed by atoms with E-state index < -0.39 is 0 Å². The van der Waals surface area contributed by atoms with Crippen molar-refractivity contribution in [2.75, 3.05) is 6.54 Å². The number of imidazole rings is 1. The molecule has 0 bridgehead atoms. The van der Waals surface area contributed by atoms with Crippen molar-refractivity contribution in [3.05, 3.63) is 35.2 Å². The Kier molecular flexibility index (Phi) is 3.52. The predicted molar refractivity (Wildman–Crippen MR) is 71.4 cm³/mol. The summed E-state index contributed by atoms with van der Waals surface area (Å²) in [5.41, 5.74) is 4.52. The first-order valence-electron chi connectivity index (χ1n) is 6.26. The van der Waals surface area contributed by atoms with Gasteiger partial charge in [0.15, 0.2) is 0 Å². The van der Waals surface area contributed by atoms with Gasteiger partial charge in [0.05, 0.1) is 23.8 Å². The van der Waals surface area contributed by atoms with Gasteiger partial charge in [0.25, 0.3) is 0 Å². The van der Waals surface area contributed by atoms with E-state index >= 15 is 0 Å². The topological polar surface area (TPSA) is 47.7 Å². The molecule has 0 saturated heterocycles. The highest BCUT2D eigenvalue weighted by atomic mass is 15.3. The molecule has 0 saturated carbocycles. The zero-order chi connectivity index (χ0) is 13.3.